The summed E-state index contributed by atoms with van der Waals surface area (Å²) in [4.78, 5) is 23.3. The van der Waals surface area contributed by atoms with Crippen LogP contribution in [0.2, 0.25) is 0 Å². The quantitative estimate of drug-likeness (QED) is 0.386. The van der Waals surface area contributed by atoms with Gasteiger partial charge < -0.3 is 15.2 Å². The summed E-state index contributed by atoms with van der Waals surface area (Å²) in [7, 11) is -3.45. The van der Waals surface area contributed by atoms with Gasteiger partial charge in [-0.1, -0.05) is 48.5 Å². The van der Waals surface area contributed by atoms with Crippen molar-refractivity contribution in [3.8, 4) is 11.5 Å². The van der Waals surface area contributed by atoms with E-state index in [-0.39, 0.29) is 25.3 Å². The molecular formula is C25H26N2O6S. The van der Waals surface area contributed by atoms with Crippen molar-refractivity contribution in [3.63, 3.8) is 0 Å². The predicted molar refractivity (Wildman–Crippen MR) is 128 cm³/mol. The van der Waals surface area contributed by atoms with E-state index in [4.69, 9.17) is 9.84 Å². The minimum Gasteiger partial charge on any atom is -0.481 e. The zero-order chi connectivity index (χ0) is 24.6. The van der Waals surface area contributed by atoms with Gasteiger partial charge >= 0.3 is 5.97 Å². The lowest BCUT2D eigenvalue weighted by atomic mass is 10.0. The lowest BCUT2D eigenvalue weighted by Crippen LogP contribution is -2.24. The van der Waals surface area contributed by atoms with Gasteiger partial charge in [0, 0.05) is 13.1 Å². The Bertz CT molecular complexity index is 1240. The second-order valence-electron chi connectivity index (χ2n) is 7.78. The third kappa shape index (κ3) is 8.34. The van der Waals surface area contributed by atoms with E-state index in [0.717, 1.165) is 17.4 Å². The third-order valence-corrected chi connectivity index (χ3v) is 5.57. The van der Waals surface area contributed by atoms with Gasteiger partial charge in [0.25, 0.3) is 0 Å². The number of aliphatic carboxylic acids is 1. The molecule has 0 atom stereocenters. The topological polar surface area (TPSA) is 122 Å². The molecule has 0 aromatic heterocycles. The van der Waals surface area contributed by atoms with Gasteiger partial charge in [-0.25, -0.2) is 13.1 Å². The van der Waals surface area contributed by atoms with E-state index in [0.29, 0.717) is 29.2 Å². The van der Waals surface area contributed by atoms with Gasteiger partial charge in [0.1, 0.15) is 11.5 Å². The van der Waals surface area contributed by atoms with Crippen molar-refractivity contribution in [2.24, 2.45) is 0 Å². The van der Waals surface area contributed by atoms with E-state index in [1.807, 2.05) is 30.3 Å². The summed E-state index contributed by atoms with van der Waals surface area (Å²) in [5.41, 5.74) is 2.86. The number of rotatable bonds is 11. The molecule has 3 aromatic carbocycles. The molecule has 178 valence electrons. The number of ether oxygens (including phenoxy) is 1. The summed E-state index contributed by atoms with van der Waals surface area (Å²) in [6.45, 7) is 0.422. The molecule has 0 spiro atoms. The van der Waals surface area contributed by atoms with Crippen molar-refractivity contribution in [2.75, 3.05) is 6.26 Å². The Morgan fingerprint density at radius 3 is 2.15 bits per heavy atom. The third-order valence-electron chi connectivity index (χ3n) is 4.90. The van der Waals surface area contributed by atoms with Crippen molar-refractivity contribution < 1.29 is 27.9 Å². The zero-order valence-corrected chi connectivity index (χ0v) is 19.5. The van der Waals surface area contributed by atoms with Gasteiger partial charge in [-0.2, -0.15) is 0 Å². The second-order valence-corrected chi connectivity index (χ2v) is 9.61. The minimum atomic E-state index is -3.45. The summed E-state index contributed by atoms with van der Waals surface area (Å²) in [5, 5.41) is 12.0. The smallest absolute Gasteiger partial charge is 0.307 e. The van der Waals surface area contributed by atoms with Gasteiger partial charge in [-0.3, -0.25) is 9.59 Å². The highest BCUT2D eigenvalue weighted by Crippen LogP contribution is 2.25. The van der Waals surface area contributed by atoms with Crippen molar-refractivity contribution in [1.29, 1.82) is 0 Å². The summed E-state index contributed by atoms with van der Waals surface area (Å²) < 4.78 is 31.1. The summed E-state index contributed by atoms with van der Waals surface area (Å²) in [6.07, 6.45) is 1.04. The van der Waals surface area contributed by atoms with Crippen LogP contribution in [0.25, 0.3) is 0 Å². The largest absolute Gasteiger partial charge is 0.481 e. The van der Waals surface area contributed by atoms with Crippen LogP contribution < -0.4 is 14.8 Å². The Morgan fingerprint density at radius 2 is 1.50 bits per heavy atom. The second kappa shape index (κ2) is 11.4. The Balaban J connectivity index is 1.62. The number of carboxylic acids is 1. The van der Waals surface area contributed by atoms with Gasteiger partial charge in [0.05, 0.1) is 19.1 Å². The van der Waals surface area contributed by atoms with Crippen molar-refractivity contribution in [1.82, 2.24) is 10.0 Å². The van der Waals surface area contributed by atoms with Crippen molar-refractivity contribution in [3.05, 3.63) is 95.1 Å². The fourth-order valence-corrected chi connectivity index (χ4v) is 3.65. The molecule has 3 rings (SSSR count). The van der Waals surface area contributed by atoms with E-state index in [1.165, 1.54) is 0 Å². The molecule has 0 heterocycles. The Kier molecular flexibility index (Phi) is 8.39. The van der Waals surface area contributed by atoms with Crippen LogP contribution in [0.15, 0.2) is 72.8 Å². The average molecular weight is 483 g/mol. The Morgan fingerprint density at radius 1 is 0.824 bits per heavy atom. The van der Waals surface area contributed by atoms with Gasteiger partial charge in [-0.15, -0.1) is 0 Å². The molecule has 0 bridgehead atoms. The maximum absolute atomic E-state index is 12.2. The average Bonchev–Trinajstić information content (AvgIpc) is 2.79. The van der Waals surface area contributed by atoms with E-state index in [9.17, 15) is 18.0 Å². The summed E-state index contributed by atoms with van der Waals surface area (Å²) in [5.74, 6) is -0.138. The van der Waals surface area contributed by atoms with E-state index in [1.54, 1.807) is 42.5 Å². The SMILES string of the molecule is CS(=O)(=O)NCc1cc(Oc2ccc(CC(=O)NCc3ccccc3)cc2)ccc1CC(=O)O. The van der Waals surface area contributed by atoms with E-state index >= 15 is 0 Å². The van der Waals surface area contributed by atoms with Crippen LogP contribution in [-0.4, -0.2) is 31.7 Å². The molecule has 3 N–H and O–H groups in total. The number of hydrogen-bond acceptors (Lipinski definition) is 5. The molecule has 34 heavy (non-hydrogen) atoms. The van der Waals surface area contributed by atoms with Crippen LogP contribution >= 0.6 is 0 Å². The molecule has 0 aliphatic rings. The number of carbonyl (C=O) groups excluding carboxylic acids is 1. The molecule has 0 aliphatic heterocycles. The first kappa shape index (κ1) is 24.9. The highest BCUT2D eigenvalue weighted by molar-refractivity contribution is 7.88. The monoisotopic (exact) mass is 482 g/mol. The first-order valence-electron chi connectivity index (χ1n) is 10.5. The molecular weight excluding hydrogens is 456 g/mol. The summed E-state index contributed by atoms with van der Waals surface area (Å²) in [6, 6.07) is 21.6. The lowest BCUT2D eigenvalue weighted by molar-refractivity contribution is -0.136. The van der Waals surface area contributed by atoms with Gasteiger partial charge in [0.2, 0.25) is 15.9 Å². The van der Waals surface area contributed by atoms with E-state index in [2.05, 4.69) is 10.0 Å². The molecule has 0 fully saturated rings. The van der Waals surface area contributed by atoms with Gasteiger partial charge in [0.15, 0.2) is 0 Å². The highest BCUT2D eigenvalue weighted by atomic mass is 32.2. The van der Waals surface area contributed by atoms with Crippen LogP contribution in [0.5, 0.6) is 11.5 Å². The zero-order valence-electron chi connectivity index (χ0n) is 18.7. The predicted octanol–water partition coefficient (Wildman–Crippen LogP) is 3.01. The van der Waals surface area contributed by atoms with Crippen LogP contribution in [0, 0.1) is 0 Å². The van der Waals surface area contributed by atoms with Crippen LogP contribution in [0.1, 0.15) is 22.3 Å². The van der Waals surface area contributed by atoms with Gasteiger partial charge in [-0.05, 0) is 46.5 Å². The fourth-order valence-electron chi connectivity index (χ4n) is 3.23. The number of sulfonamides is 1. The minimum absolute atomic E-state index is 0.0460. The number of nitrogens with one attached hydrogen (secondary N) is 2. The highest BCUT2D eigenvalue weighted by Gasteiger charge is 2.11. The molecule has 9 heteroatoms. The first-order chi connectivity index (χ1) is 16.2. The molecule has 8 nitrogen and oxygen atoms in total. The van der Waals surface area contributed by atoms with Crippen molar-refractivity contribution >= 4 is 21.9 Å². The number of carboxylic acid groups (broad SMARTS) is 1. The maximum atomic E-state index is 12.2. The lowest BCUT2D eigenvalue weighted by Gasteiger charge is -2.12. The Labute approximate surface area is 198 Å². The molecule has 0 unspecified atom stereocenters. The molecule has 1 amide bonds. The standard InChI is InChI=1S/C25H26N2O6S/c1-34(31,32)27-17-21-14-23(12-9-20(21)15-25(29)30)33-22-10-7-18(8-11-22)13-24(28)26-16-19-5-3-2-4-6-19/h2-12,14,27H,13,15-17H2,1H3,(H,26,28)(H,29,30). The molecule has 0 radical (unpaired) electrons. The van der Waals surface area contributed by atoms with Crippen LogP contribution in [-0.2, 0) is 45.5 Å². The van der Waals surface area contributed by atoms with Crippen molar-refractivity contribution in [2.45, 2.75) is 25.9 Å². The number of carbonyl (C=O) groups is 2. The molecule has 0 saturated carbocycles. The summed E-state index contributed by atoms with van der Waals surface area (Å²) >= 11 is 0. The van der Waals surface area contributed by atoms with E-state index < -0.39 is 16.0 Å². The normalized spacial score (nSPS) is 11.1. The maximum Gasteiger partial charge on any atom is 0.307 e. The van der Waals surface area contributed by atoms with Crippen LogP contribution in [0.4, 0.5) is 0 Å². The first-order valence-corrected chi connectivity index (χ1v) is 12.4. The number of amides is 1. The molecule has 0 saturated heterocycles. The number of hydrogen-bond donors (Lipinski definition) is 3. The molecule has 3 aromatic rings. The fraction of sp³-hybridized carbons (Fsp3) is 0.200. The van der Waals surface area contributed by atoms with Crippen LogP contribution in [0.3, 0.4) is 0 Å². The molecule has 0 aliphatic carbocycles. The Hall–Kier alpha value is -3.69. The number of benzene rings is 3.